The molecule has 0 amide bonds. The lowest BCUT2D eigenvalue weighted by Gasteiger charge is -2.30. The molecular weight excluding hydrogens is 404 g/mol. The van der Waals surface area contributed by atoms with Gasteiger partial charge in [0, 0.05) is 48.6 Å². The first kappa shape index (κ1) is 20.0. The number of hydrogen-bond acceptors (Lipinski definition) is 6. The molecule has 31 heavy (non-hydrogen) atoms. The number of fused-ring (bicyclic) bond motifs is 1. The molecule has 6 heteroatoms. The lowest BCUT2D eigenvalue weighted by atomic mass is 9.90. The van der Waals surface area contributed by atoms with Crippen LogP contribution in [0.15, 0.2) is 66.6 Å². The van der Waals surface area contributed by atoms with E-state index in [1.165, 1.54) is 0 Å². The summed E-state index contributed by atoms with van der Waals surface area (Å²) in [4.78, 5) is 29.6. The Morgan fingerprint density at radius 2 is 1.90 bits per heavy atom. The number of nitrogens with zero attached hydrogens (tertiary/aromatic N) is 4. The average Bonchev–Trinajstić information content (AvgIpc) is 3.35. The molecular formula is C25H24N4OS. The third-order valence-electron chi connectivity index (χ3n) is 6.01. The van der Waals surface area contributed by atoms with Crippen LogP contribution in [0.2, 0.25) is 0 Å². The van der Waals surface area contributed by atoms with E-state index >= 15 is 0 Å². The summed E-state index contributed by atoms with van der Waals surface area (Å²) in [6.07, 6.45) is 7.83. The number of rotatable bonds is 6. The minimum atomic E-state index is 0.126. The zero-order valence-electron chi connectivity index (χ0n) is 17.3. The van der Waals surface area contributed by atoms with Gasteiger partial charge in [-0.3, -0.25) is 24.6 Å². The largest absolute Gasteiger partial charge is 0.299 e. The minimum Gasteiger partial charge on any atom is -0.299 e. The SMILES string of the molecule is O=C(Cc1cc2cc(-c3cncs3)ccc2cn1)C1CCN(Cc2ccccn2)CC1. The monoisotopic (exact) mass is 428 g/mol. The van der Waals surface area contributed by atoms with Crippen LogP contribution < -0.4 is 0 Å². The highest BCUT2D eigenvalue weighted by molar-refractivity contribution is 7.13. The van der Waals surface area contributed by atoms with Crippen LogP contribution >= 0.6 is 11.3 Å². The fraction of sp³-hybridized carbons (Fsp3) is 0.280. The topological polar surface area (TPSA) is 59.0 Å². The van der Waals surface area contributed by atoms with Gasteiger partial charge in [0.15, 0.2) is 0 Å². The van der Waals surface area contributed by atoms with Gasteiger partial charge in [-0.1, -0.05) is 18.2 Å². The zero-order valence-corrected chi connectivity index (χ0v) is 18.1. The molecule has 1 fully saturated rings. The third kappa shape index (κ3) is 4.70. The van der Waals surface area contributed by atoms with Crippen molar-refractivity contribution < 1.29 is 4.79 Å². The minimum absolute atomic E-state index is 0.126. The zero-order chi connectivity index (χ0) is 21.0. The van der Waals surface area contributed by atoms with Crippen LogP contribution in [-0.2, 0) is 17.8 Å². The summed E-state index contributed by atoms with van der Waals surface area (Å²) in [7, 11) is 0. The van der Waals surface area contributed by atoms with E-state index in [4.69, 9.17) is 0 Å². The van der Waals surface area contributed by atoms with E-state index in [-0.39, 0.29) is 5.92 Å². The molecule has 4 aromatic rings. The Bertz CT molecular complexity index is 1170. The van der Waals surface area contributed by atoms with Crippen LogP contribution in [0.1, 0.15) is 24.2 Å². The Hall–Kier alpha value is -2.96. The van der Waals surface area contributed by atoms with E-state index in [0.29, 0.717) is 12.2 Å². The van der Waals surface area contributed by atoms with Gasteiger partial charge >= 0.3 is 0 Å². The van der Waals surface area contributed by atoms with Crippen molar-refractivity contribution >= 4 is 27.9 Å². The number of piperidine rings is 1. The van der Waals surface area contributed by atoms with Gasteiger partial charge in [0.1, 0.15) is 5.78 Å². The lowest BCUT2D eigenvalue weighted by molar-refractivity contribution is -0.123. The highest BCUT2D eigenvalue weighted by Crippen LogP contribution is 2.27. The second-order valence-electron chi connectivity index (χ2n) is 8.12. The highest BCUT2D eigenvalue weighted by atomic mass is 32.1. The number of ketones is 1. The van der Waals surface area contributed by atoms with E-state index in [2.05, 4.69) is 50.2 Å². The summed E-state index contributed by atoms with van der Waals surface area (Å²) >= 11 is 1.63. The van der Waals surface area contributed by atoms with Gasteiger partial charge in [-0.25, -0.2) is 0 Å². The Morgan fingerprint density at radius 3 is 2.68 bits per heavy atom. The van der Waals surface area contributed by atoms with E-state index < -0.39 is 0 Å². The van der Waals surface area contributed by atoms with Crippen molar-refractivity contribution in [2.75, 3.05) is 13.1 Å². The second kappa shape index (κ2) is 9.04. The first-order valence-electron chi connectivity index (χ1n) is 10.7. The molecule has 1 saturated heterocycles. The summed E-state index contributed by atoms with van der Waals surface area (Å²) in [6, 6.07) is 14.4. The molecule has 0 aliphatic carbocycles. The maximum absolute atomic E-state index is 12.9. The van der Waals surface area contributed by atoms with Gasteiger partial charge in [-0.2, -0.15) is 0 Å². The summed E-state index contributed by atoms with van der Waals surface area (Å²) < 4.78 is 0. The number of carbonyl (C=O) groups excluding carboxylic acids is 1. The van der Waals surface area contributed by atoms with Crippen molar-refractivity contribution in [1.82, 2.24) is 19.9 Å². The normalized spacial score (nSPS) is 15.4. The molecule has 3 aromatic heterocycles. The quantitative estimate of drug-likeness (QED) is 0.442. The molecule has 0 spiro atoms. The van der Waals surface area contributed by atoms with Crippen molar-refractivity contribution in [3.05, 3.63) is 78.0 Å². The predicted octanol–water partition coefficient (Wildman–Crippen LogP) is 4.78. The number of Topliss-reactive ketones (excluding diaryl/α,β-unsaturated/α-hetero) is 1. The Kier molecular flexibility index (Phi) is 5.82. The first-order chi connectivity index (χ1) is 15.2. The molecule has 1 aromatic carbocycles. The third-order valence-corrected chi connectivity index (χ3v) is 6.83. The molecule has 0 N–H and O–H groups in total. The molecule has 5 nitrogen and oxygen atoms in total. The number of benzene rings is 1. The van der Waals surface area contributed by atoms with E-state index in [9.17, 15) is 4.79 Å². The molecule has 0 atom stereocenters. The van der Waals surface area contributed by atoms with Gasteiger partial charge in [0.05, 0.1) is 16.1 Å². The van der Waals surface area contributed by atoms with Crippen LogP contribution in [0.5, 0.6) is 0 Å². The number of aromatic nitrogens is 3. The molecule has 4 heterocycles. The number of likely N-dealkylation sites (tertiary alicyclic amines) is 1. The summed E-state index contributed by atoms with van der Waals surface area (Å²) in [6.45, 7) is 2.74. The van der Waals surface area contributed by atoms with Crippen molar-refractivity contribution in [3.63, 3.8) is 0 Å². The van der Waals surface area contributed by atoms with Crippen LogP contribution in [0.25, 0.3) is 21.2 Å². The van der Waals surface area contributed by atoms with Gasteiger partial charge in [-0.15, -0.1) is 11.3 Å². The van der Waals surface area contributed by atoms with Gasteiger partial charge < -0.3 is 0 Å². The molecule has 0 bridgehead atoms. The Labute approximate surface area is 185 Å². The number of thiazole rings is 1. The van der Waals surface area contributed by atoms with Crippen molar-refractivity contribution in [1.29, 1.82) is 0 Å². The van der Waals surface area contributed by atoms with Crippen LogP contribution in [-0.4, -0.2) is 38.7 Å². The van der Waals surface area contributed by atoms with Crippen molar-refractivity contribution in [2.24, 2.45) is 5.92 Å². The fourth-order valence-corrected chi connectivity index (χ4v) is 4.87. The highest BCUT2D eigenvalue weighted by Gasteiger charge is 2.25. The number of hydrogen-bond donors (Lipinski definition) is 0. The van der Waals surface area contributed by atoms with Crippen LogP contribution in [0, 0.1) is 5.92 Å². The maximum atomic E-state index is 12.9. The molecule has 0 saturated carbocycles. The van der Waals surface area contributed by atoms with Crippen molar-refractivity contribution in [2.45, 2.75) is 25.8 Å². The van der Waals surface area contributed by atoms with Gasteiger partial charge in [0.2, 0.25) is 0 Å². The fourth-order valence-electron chi connectivity index (χ4n) is 4.25. The van der Waals surface area contributed by atoms with Crippen LogP contribution in [0.3, 0.4) is 0 Å². The lowest BCUT2D eigenvalue weighted by Crippen LogP contribution is -2.36. The Morgan fingerprint density at radius 1 is 1.00 bits per heavy atom. The van der Waals surface area contributed by atoms with E-state index in [1.54, 1.807) is 11.3 Å². The molecule has 0 unspecified atom stereocenters. The van der Waals surface area contributed by atoms with Crippen molar-refractivity contribution in [3.8, 4) is 10.4 Å². The van der Waals surface area contributed by atoms with E-state index in [1.807, 2.05) is 36.2 Å². The molecule has 5 rings (SSSR count). The molecule has 0 radical (unpaired) electrons. The maximum Gasteiger partial charge on any atom is 0.142 e. The molecule has 1 aliphatic heterocycles. The van der Waals surface area contributed by atoms with Gasteiger partial charge in [0.25, 0.3) is 0 Å². The van der Waals surface area contributed by atoms with E-state index in [0.717, 1.165) is 65.1 Å². The number of carbonyl (C=O) groups is 1. The number of pyridine rings is 2. The summed E-state index contributed by atoms with van der Waals surface area (Å²) in [5.41, 5.74) is 4.94. The first-order valence-corrected chi connectivity index (χ1v) is 11.5. The summed E-state index contributed by atoms with van der Waals surface area (Å²) in [5, 5.41) is 2.21. The van der Waals surface area contributed by atoms with Crippen LogP contribution in [0.4, 0.5) is 0 Å². The second-order valence-corrected chi connectivity index (χ2v) is 9.00. The standard InChI is InChI=1S/C25H24N4OS/c30-24(18-6-9-29(10-7-18)16-22-3-1-2-8-27-22)13-23-12-21-11-19(25-15-26-17-31-25)4-5-20(21)14-28-23/h1-5,8,11-12,14-15,17-18H,6-7,9-10,13,16H2. The molecule has 156 valence electrons. The molecule has 1 aliphatic rings. The van der Waals surface area contributed by atoms with Gasteiger partial charge in [-0.05, 0) is 61.1 Å². The smallest absolute Gasteiger partial charge is 0.142 e. The average molecular weight is 429 g/mol. The summed E-state index contributed by atoms with van der Waals surface area (Å²) in [5.74, 6) is 0.434. The Balaban J connectivity index is 1.22. The predicted molar refractivity (Wildman–Crippen MR) is 124 cm³/mol.